The van der Waals surface area contributed by atoms with E-state index in [0.29, 0.717) is 6.54 Å². The van der Waals surface area contributed by atoms with Crippen molar-refractivity contribution in [1.29, 1.82) is 0 Å². The molecule has 0 spiro atoms. The number of benzene rings is 2. The first-order chi connectivity index (χ1) is 11.3. The van der Waals surface area contributed by atoms with Crippen LogP contribution in [0.25, 0.3) is 0 Å². The summed E-state index contributed by atoms with van der Waals surface area (Å²) in [5.41, 5.74) is 8.59. The molecule has 0 atom stereocenters. The Labute approximate surface area is 161 Å². The molecular formula is C17H19F3IN3O. The SMILES string of the molecule is Cc1ccc(NC(N)=NCc2ccc(OCC(F)(F)F)cc2)cc1.I. The van der Waals surface area contributed by atoms with E-state index in [0.717, 1.165) is 16.8 Å². The fourth-order valence-electron chi connectivity index (χ4n) is 1.86. The Morgan fingerprint density at radius 3 is 2.24 bits per heavy atom. The monoisotopic (exact) mass is 465 g/mol. The van der Waals surface area contributed by atoms with Gasteiger partial charge in [-0.2, -0.15) is 13.2 Å². The number of halogens is 4. The number of hydrogen-bond acceptors (Lipinski definition) is 2. The summed E-state index contributed by atoms with van der Waals surface area (Å²) >= 11 is 0. The summed E-state index contributed by atoms with van der Waals surface area (Å²) in [5.74, 6) is 0.419. The summed E-state index contributed by atoms with van der Waals surface area (Å²) in [6.45, 7) is 0.992. The maximum atomic E-state index is 12.1. The summed E-state index contributed by atoms with van der Waals surface area (Å²) in [7, 11) is 0. The van der Waals surface area contributed by atoms with Crippen LogP contribution >= 0.6 is 24.0 Å². The Bertz CT molecular complexity index is 686. The second kappa shape index (κ2) is 9.50. The molecule has 0 heterocycles. The fourth-order valence-corrected chi connectivity index (χ4v) is 1.86. The number of aryl methyl sites for hydroxylation is 1. The Morgan fingerprint density at radius 2 is 1.68 bits per heavy atom. The molecule has 0 aliphatic rings. The summed E-state index contributed by atoms with van der Waals surface area (Å²) in [6.07, 6.45) is -4.35. The van der Waals surface area contributed by atoms with E-state index in [9.17, 15) is 13.2 Å². The molecule has 25 heavy (non-hydrogen) atoms. The molecule has 3 N–H and O–H groups in total. The minimum atomic E-state index is -4.35. The van der Waals surface area contributed by atoms with Crippen molar-refractivity contribution >= 4 is 35.6 Å². The molecule has 0 aliphatic heterocycles. The lowest BCUT2D eigenvalue weighted by Gasteiger charge is -2.09. The first kappa shape index (κ1) is 21.1. The number of aliphatic imine (C=N–C) groups is 1. The van der Waals surface area contributed by atoms with Gasteiger partial charge in [0.05, 0.1) is 6.54 Å². The molecule has 2 aromatic rings. The van der Waals surface area contributed by atoms with Crippen LogP contribution in [0.1, 0.15) is 11.1 Å². The van der Waals surface area contributed by atoms with E-state index in [1.54, 1.807) is 12.1 Å². The van der Waals surface area contributed by atoms with Gasteiger partial charge in [-0.25, -0.2) is 4.99 Å². The van der Waals surface area contributed by atoms with E-state index >= 15 is 0 Å². The van der Waals surface area contributed by atoms with Crippen molar-refractivity contribution in [3.63, 3.8) is 0 Å². The third-order valence-corrected chi connectivity index (χ3v) is 3.08. The fraction of sp³-hybridized carbons (Fsp3) is 0.235. The summed E-state index contributed by atoms with van der Waals surface area (Å²) in [5, 5.41) is 2.97. The van der Waals surface area contributed by atoms with Crippen LogP contribution < -0.4 is 15.8 Å². The van der Waals surface area contributed by atoms with Gasteiger partial charge in [0.1, 0.15) is 5.75 Å². The molecule has 0 amide bonds. The third kappa shape index (κ3) is 8.10. The Kier molecular flexibility index (Phi) is 8.01. The van der Waals surface area contributed by atoms with Crippen LogP contribution in [0.15, 0.2) is 53.5 Å². The van der Waals surface area contributed by atoms with Gasteiger partial charge in [-0.1, -0.05) is 29.8 Å². The number of nitrogens with zero attached hydrogens (tertiary/aromatic N) is 1. The highest BCUT2D eigenvalue weighted by atomic mass is 127. The second-order valence-corrected chi connectivity index (χ2v) is 5.24. The number of rotatable bonds is 5. The van der Waals surface area contributed by atoms with Crippen LogP contribution in [0, 0.1) is 6.92 Å². The number of hydrogen-bond donors (Lipinski definition) is 2. The van der Waals surface area contributed by atoms with E-state index in [-0.39, 0.29) is 35.7 Å². The number of nitrogens with two attached hydrogens (primary N) is 1. The van der Waals surface area contributed by atoms with E-state index in [4.69, 9.17) is 5.73 Å². The molecule has 2 aromatic carbocycles. The molecule has 2 rings (SSSR count). The zero-order valence-electron chi connectivity index (χ0n) is 13.5. The van der Waals surface area contributed by atoms with Crippen LogP contribution in [0.3, 0.4) is 0 Å². The smallest absolute Gasteiger partial charge is 0.422 e. The number of ether oxygens (including phenoxy) is 1. The minimum absolute atomic E-state index is 0. The van der Waals surface area contributed by atoms with Crippen molar-refractivity contribution in [1.82, 2.24) is 0 Å². The van der Waals surface area contributed by atoms with Gasteiger partial charge in [0.15, 0.2) is 12.6 Å². The standard InChI is InChI=1S/C17H18F3N3O.HI/c1-12-2-6-14(7-3-12)23-16(21)22-10-13-4-8-15(9-5-13)24-11-17(18,19)20;/h2-9H,10-11H2,1H3,(H3,21,22,23);1H. The molecule has 0 bridgehead atoms. The highest BCUT2D eigenvalue weighted by Crippen LogP contribution is 2.19. The van der Waals surface area contributed by atoms with Gasteiger partial charge < -0.3 is 15.8 Å². The lowest BCUT2D eigenvalue weighted by Crippen LogP contribution is -2.22. The molecule has 0 saturated carbocycles. The van der Waals surface area contributed by atoms with E-state index in [1.807, 2.05) is 31.2 Å². The zero-order valence-corrected chi connectivity index (χ0v) is 15.8. The molecule has 8 heteroatoms. The molecular weight excluding hydrogens is 446 g/mol. The molecule has 4 nitrogen and oxygen atoms in total. The van der Waals surface area contributed by atoms with Gasteiger partial charge in [0.2, 0.25) is 0 Å². The molecule has 0 saturated heterocycles. The van der Waals surface area contributed by atoms with Crippen LogP contribution in [-0.2, 0) is 6.54 Å². The zero-order chi connectivity index (χ0) is 17.6. The number of nitrogens with one attached hydrogen (secondary N) is 1. The Morgan fingerprint density at radius 1 is 1.08 bits per heavy atom. The predicted octanol–water partition coefficient (Wildman–Crippen LogP) is 4.48. The lowest BCUT2D eigenvalue weighted by molar-refractivity contribution is -0.153. The first-order valence-electron chi connectivity index (χ1n) is 7.24. The van der Waals surface area contributed by atoms with Gasteiger partial charge in [-0.15, -0.1) is 24.0 Å². The number of anilines is 1. The molecule has 0 unspecified atom stereocenters. The van der Waals surface area contributed by atoms with Gasteiger partial charge >= 0.3 is 6.18 Å². The highest BCUT2D eigenvalue weighted by molar-refractivity contribution is 14.0. The van der Waals surface area contributed by atoms with E-state index < -0.39 is 12.8 Å². The maximum absolute atomic E-state index is 12.1. The van der Waals surface area contributed by atoms with Crippen molar-refractivity contribution in [3.05, 3.63) is 59.7 Å². The first-order valence-corrected chi connectivity index (χ1v) is 7.24. The van der Waals surface area contributed by atoms with Gasteiger partial charge in [-0.3, -0.25) is 0 Å². The van der Waals surface area contributed by atoms with Gasteiger partial charge in [0, 0.05) is 5.69 Å². The molecule has 0 radical (unpaired) electrons. The van der Waals surface area contributed by atoms with Crippen LogP contribution in [0.5, 0.6) is 5.75 Å². The summed E-state index contributed by atoms with van der Waals surface area (Å²) in [6, 6.07) is 13.9. The van der Waals surface area contributed by atoms with Crippen molar-refractivity contribution in [2.24, 2.45) is 10.7 Å². The molecule has 0 aliphatic carbocycles. The normalized spacial score (nSPS) is 11.6. The highest BCUT2D eigenvalue weighted by Gasteiger charge is 2.28. The Balaban J connectivity index is 0.00000312. The minimum Gasteiger partial charge on any atom is -0.484 e. The average Bonchev–Trinajstić information content (AvgIpc) is 2.53. The number of guanidine groups is 1. The Hall–Kier alpha value is -1.97. The largest absolute Gasteiger partial charge is 0.484 e. The second-order valence-electron chi connectivity index (χ2n) is 5.24. The number of alkyl halides is 3. The quantitative estimate of drug-likeness (QED) is 0.389. The van der Waals surface area contributed by atoms with Crippen LogP contribution in [0.2, 0.25) is 0 Å². The van der Waals surface area contributed by atoms with E-state index in [2.05, 4.69) is 15.0 Å². The average molecular weight is 465 g/mol. The van der Waals surface area contributed by atoms with Crippen molar-refractivity contribution in [2.45, 2.75) is 19.6 Å². The van der Waals surface area contributed by atoms with E-state index in [1.165, 1.54) is 12.1 Å². The third-order valence-electron chi connectivity index (χ3n) is 3.08. The molecule has 0 aromatic heterocycles. The topological polar surface area (TPSA) is 59.6 Å². The van der Waals surface area contributed by atoms with Gasteiger partial charge in [-0.05, 0) is 36.8 Å². The maximum Gasteiger partial charge on any atom is 0.422 e. The summed E-state index contributed by atoms with van der Waals surface area (Å²) < 4.78 is 40.8. The molecule has 0 fully saturated rings. The predicted molar refractivity (Wildman–Crippen MR) is 104 cm³/mol. The summed E-state index contributed by atoms with van der Waals surface area (Å²) in [4.78, 5) is 4.19. The lowest BCUT2D eigenvalue weighted by atomic mass is 10.2. The van der Waals surface area contributed by atoms with Crippen LogP contribution in [-0.4, -0.2) is 18.7 Å². The molecule has 136 valence electrons. The van der Waals surface area contributed by atoms with Crippen molar-refractivity contribution in [2.75, 3.05) is 11.9 Å². The van der Waals surface area contributed by atoms with Crippen molar-refractivity contribution < 1.29 is 17.9 Å². The van der Waals surface area contributed by atoms with Gasteiger partial charge in [0.25, 0.3) is 0 Å². The van der Waals surface area contributed by atoms with Crippen molar-refractivity contribution in [3.8, 4) is 5.75 Å². The van der Waals surface area contributed by atoms with Crippen LogP contribution in [0.4, 0.5) is 18.9 Å².